The van der Waals surface area contributed by atoms with Gasteiger partial charge in [0.15, 0.2) is 0 Å². The number of likely N-dealkylation sites (tertiary alicyclic amines) is 1. The molecule has 0 aromatic heterocycles. The summed E-state index contributed by atoms with van der Waals surface area (Å²) in [5.41, 5.74) is 5.88. The Hall–Kier alpha value is -0.0800. The molecule has 0 aliphatic carbocycles. The Balaban J connectivity index is 2.60. The largest absolute Gasteiger partial charge is 0.329 e. The minimum atomic E-state index is 0.586. The van der Waals surface area contributed by atoms with Crippen LogP contribution in [0.5, 0.6) is 0 Å². The summed E-state index contributed by atoms with van der Waals surface area (Å²) in [5.74, 6) is 0.681. The van der Waals surface area contributed by atoms with Crippen molar-refractivity contribution >= 4 is 0 Å². The summed E-state index contributed by atoms with van der Waals surface area (Å²) in [4.78, 5) is 2.64. The van der Waals surface area contributed by atoms with E-state index in [0.29, 0.717) is 12.0 Å². The Bertz CT molecular complexity index is 156. The van der Waals surface area contributed by atoms with Crippen LogP contribution in [-0.4, -0.2) is 30.1 Å². The molecule has 0 aromatic rings. The fourth-order valence-corrected chi connectivity index (χ4v) is 2.58. The number of nitrogens with two attached hydrogens (primary N) is 1. The first-order valence-electron chi connectivity index (χ1n) is 6.12. The van der Waals surface area contributed by atoms with Crippen LogP contribution in [0.4, 0.5) is 0 Å². The standard InChI is InChI=1S/C12H26N2/c1-10(2)12(9-13)14-8-6-4-5-7-11(14)3/h10-12H,4-9,13H2,1-3H3. The van der Waals surface area contributed by atoms with Crippen molar-refractivity contribution in [3.8, 4) is 0 Å². The monoisotopic (exact) mass is 198 g/mol. The number of hydrogen-bond donors (Lipinski definition) is 1. The molecule has 14 heavy (non-hydrogen) atoms. The zero-order valence-electron chi connectivity index (χ0n) is 10.00. The highest BCUT2D eigenvalue weighted by molar-refractivity contribution is 4.81. The molecule has 0 bridgehead atoms. The minimum Gasteiger partial charge on any atom is -0.329 e. The number of rotatable bonds is 3. The van der Waals surface area contributed by atoms with Crippen LogP contribution >= 0.6 is 0 Å². The molecule has 0 amide bonds. The molecule has 0 spiro atoms. The second-order valence-electron chi connectivity index (χ2n) is 4.98. The maximum absolute atomic E-state index is 5.88. The summed E-state index contributed by atoms with van der Waals surface area (Å²) in [5, 5.41) is 0. The van der Waals surface area contributed by atoms with Crippen molar-refractivity contribution in [1.82, 2.24) is 4.90 Å². The lowest BCUT2D eigenvalue weighted by Crippen LogP contribution is -2.48. The normalized spacial score (nSPS) is 27.6. The summed E-state index contributed by atoms with van der Waals surface area (Å²) < 4.78 is 0. The van der Waals surface area contributed by atoms with Crippen LogP contribution in [0.25, 0.3) is 0 Å². The van der Waals surface area contributed by atoms with Gasteiger partial charge in [0, 0.05) is 18.6 Å². The van der Waals surface area contributed by atoms with E-state index in [1.807, 2.05) is 0 Å². The van der Waals surface area contributed by atoms with Crippen LogP contribution in [0, 0.1) is 5.92 Å². The topological polar surface area (TPSA) is 29.3 Å². The molecule has 0 radical (unpaired) electrons. The number of nitrogens with zero attached hydrogens (tertiary/aromatic N) is 1. The van der Waals surface area contributed by atoms with Crippen molar-refractivity contribution in [2.24, 2.45) is 11.7 Å². The summed E-state index contributed by atoms with van der Waals surface area (Å²) in [6.07, 6.45) is 5.50. The molecule has 0 saturated carbocycles. The molecule has 1 saturated heterocycles. The van der Waals surface area contributed by atoms with E-state index in [2.05, 4.69) is 25.7 Å². The lowest BCUT2D eigenvalue weighted by Gasteiger charge is -2.37. The van der Waals surface area contributed by atoms with E-state index >= 15 is 0 Å². The molecule has 2 unspecified atom stereocenters. The molecule has 2 N–H and O–H groups in total. The molecule has 1 rings (SSSR count). The molecule has 1 aliphatic heterocycles. The van der Waals surface area contributed by atoms with Crippen molar-refractivity contribution < 1.29 is 0 Å². The molecule has 0 aromatic carbocycles. The Morgan fingerprint density at radius 1 is 1.29 bits per heavy atom. The van der Waals surface area contributed by atoms with Crippen LogP contribution in [0.1, 0.15) is 46.5 Å². The van der Waals surface area contributed by atoms with E-state index in [9.17, 15) is 0 Å². The second kappa shape index (κ2) is 5.72. The molecule has 2 atom stereocenters. The van der Waals surface area contributed by atoms with Crippen LogP contribution in [0.3, 0.4) is 0 Å². The SMILES string of the molecule is CC(C)C(CN)N1CCCCCC1C. The molecule has 84 valence electrons. The number of hydrogen-bond acceptors (Lipinski definition) is 2. The van der Waals surface area contributed by atoms with Gasteiger partial charge in [-0.25, -0.2) is 0 Å². The predicted octanol–water partition coefficient (Wildman–Crippen LogP) is 2.23. The zero-order valence-corrected chi connectivity index (χ0v) is 10.00. The van der Waals surface area contributed by atoms with Gasteiger partial charge >= 0.3 is 0 Å². The summed E-state index contributed by atoms with van der Waals surface area (Å²) in [6.45, 7) is 8.99. The highest BCUT2D eigenvalue weighted by atomic mass is 15.2. The van der Waals surface area contributed by atoms with E-state index in [4.69, 9.17) is 5.73 Å². The Kier molecular flexibility index (Phi) is 4.90. The van der Waals surface area contributed by atoms with E-state index in [0.717, 1.165) is 12.6 Å². The first kappa shape index (κ1) is 12.0. The van der Waals surface area contributed by atoms with Gasteiger partial charge in [0.1, 0.15) is 0 Å². The predicted molar refractivity (Wildman–Crippen MR) is 62.3 cm³/mol. The van der Waals surface area contributed by atoms with Crippen molar-refractivity contribution in [1.29, 1.82) is 0 Å². The lowest BCUT2D eigenvalue weighted by molar-refractivity contribution is 0.117. The quantitative estimate of drug-likeness (QED) is 0.753. The Morgan fingerprint density at radius 3 is 2.57 bits per heavy atom. The fourth-order valence-electron chi connectivity index (χ4n) is 2.58. The van der Waals surface area contributed by atoms with Crippen molar-refractivity contribution in [3.63, 3.8) is 0 Å². The minimum absolute atomic E-state index is 0.586. The van der Waals surface area contributed by atoms with Gasteiger partial charge in [0.05, 0.1) is 0 Å². The van der Waals surface area contributed by atoms with E-state index in [1.54, 1.807) is 0 Å². The van der Waals surface area contributed by atoms with Crippen LogP contribution in [0.15, 0.2) is 0 Å². The molecular weight excluding hydrogens is 172 g/mol. The second-order valence-corrected chi connectivity index (χ2v) is 4.98. The van der Waals surface area contributed by atoms with Gasteiger partial charge in [-0.2, -0.15) is 0 Å². The third-order valence-corrected chi connectivity index (χ3v) is 3.54. The first-order valence-corrected chi connectivity index (χ1v) is 6.12. The van der Waals surface area contributed by atoms with Gasteiger partial charge in [-0.3, -0.25) is 4.90 Å². The van der Waals surface area contributed by atoms with Crippen LogP contribution in [0.2, 0.25) is 0 Å². The van der Waals surface area contributed by atoms with Crippen molar-refractivity contribution in [2.45, 2.75) is 58.5 Å². The van der Waals surface area contributed by atoms with Crippen LogP contribution < -0.4 is 5.73 Å². The molecular formula is C12H26N2. The maximum Gasteiger partial charge on any atom is 0.0244 e. The van der Waals surface area contributed by atoms with Gasteiger partial charge in [-0.05, 0) is 32.2 Å². The average molecular weight is 198 g/mol. The zero-order chi connectivity index (χ0) is 10.6. The summed E-state index contributed by atoms with van der Waals surface area (Å²) in [7, 11) is 0. The van der Waals surface area contributed by atoms with Crippen molar-refractivity contribution in [3.05, 3.63) is 0 Å². The van der Waals surface area contributed by atoms with Crippen LogP contribution in [-0.2, 0) is 0 Å². The highest BCUT2D eigenvalue weighted by Crippen LogP contribution is 2.21. The average Bonchev–Trinajstić information content (AvgIpc) is 2.33. The van der Waals surface area contributed by atoms with Crippen molar-refractivity contribution in [2.75, 3.05) is 13.1 Å². The third kappa shape index (κ3) is 2.96. The maximum atomic E-state index is 5.88. The third-order valence-electron chi connectivity index (χ3n) is 3.54. The van der Waals surface area contributed by atoms with E-state index < -0.39 is 0 Å². The summed E-state index contributed by atoms with van der Waals surface area (Å²) in [6, 6.07) is 1.32. The first-order chi connectivity index (χ1) is 6.66. The smallest absolute Gasteiger partial charge is 0.0244 e. The van der Waals surface area contributed by atoms with Gasteiger partial charge < -0.3 is 5.73 Å². The molecule has 2 heteroatoms. The fraction of sp³-hybridized carbons (Fsp3) is 1.00. The van der Waals surface area contributed by atoms with Gasteiger partial charge in [-0.15, -0.1) is 0 Å². The molecule has 2 nitrogen and oxygen atoms in total. The highest BCUT2D eigenvalue weighted by Gasteiger charge is 2.25. The molecule has 1 fully saturated rings. The summed E-state index contributed by atoms with van der Waals surface area (Å²) >= 11 is 0. The Labute approximate surface area is 88.8 Å². The van der Waals surface area contributed by atoms with Gasteiger partial charge in [-0.1, -0.05) is 26.7 Å². The lowest BCUT2D eigenvalue weighted by atomic mass is 10.0. The molecule has 1 heterocycles. The Morgan fingerprint density at radius 2 is 2.00 bits per heavy atom. The van der Waals surface area contributed by atoms with Gasteiger partial charge in [0.2, 0.25) is 0 Å². The van der Waals surface area contributed by atoms with E-state index in [1.165, 1.54) is 32.2 Å². The van der Waals surface area contributed by atoms with Gasteiger partial charge in [0.25, 0.3) is 0 Å². The molecule has 1 aliphatic rings. The van der Waals surface area contributed by atoms with E-state index in [-0.39, 0.29) is 0 Å².